The number of methoxy groups -OCH3 is 1. The minimum absolute atomic E-state index is 0.530. The SMILES string of the molecule is CC.COc1ccc2c(Cl)c(C=O)sc2c1. The lowest BCUT2D eigenvalue weighted by Gasteiger charge is -1.97. The molecule has 16 heavy (non-hydrogen) atoms. The summed E-state index contributed by atoms with van der Waals surface area (Å²) in [5, 5.41) is 1.43. The largest absolute Gasteiger partial charge is 0.497 e. The number of ether oxygens (including phenoxy) is 1. The van der Waals surface area contributed by atoms with Crippen LogP contribution in [0.4, 0.5) is 0 Å². The molecule has 2 rings (SSSR count). The lowest BCUT2D eigenvalue weighted by molar-refractivity contribution is 0.112. The lowest BCUT2D eigenvalue weighted by Crippen LogP contribution is -1.79. The average Bonchev–Trinajstić information content (AvgIpc) is 2.68. The Balaban J connectivity index is 0.000000606. The maximum Gasteiger partial charge on any atom is 0.161 e. The molecule has 0 unspecified atom stereocenters. The third kappa shape index (κ3) is 2.36. The molecular weight excluding hydrogens is 244 g/mol. The molecule has 0 N–H and O–H groups in total. The fourth-order valence-corrected chi connectivity index (χ4v) is 2.59. The van der Waals surface area contributed by atoms with Gasteiger partial charge in [0.2, 0.25) is 0 Å². The first-order valence-corrected chi connectivity index (χ1v) is 6.17. The fourth-order valence-electron chi connectivity index (χ4n) is 1.27. The van der Waals surface area contributed by atoms with Crippen LogP contribution < -0.4 is 4.74 Å². The number of rotatable bonds is 2. The number of halogens is 1. The summed E-state index contributed by atoms with van der Waals surface area (Å²) in [6, 6.07) is 5.56. The van der Waals surface area contributed by atoms with Crippen molar-refractivity contribution in [1.29, 1.82) is 0 Å². The van der Waals surface area contributed by atoms with Gasteiger partial charge in [-0.25, -0.2) is 0 Å². The molecule has 0 saturated carbocycles. The topological polar surface area (TPSA) is 26.3 Å². The maximum absolute atomic E-state index is 10.6. The van der Waals surface area contributed by atoms with Gasteiger partial charge in [-0.15, -0.1) is 11.3 Å². The highest BCUT2D eigenvalue weighted by molar-refractivity contribution is 7.21. The molecular formula is C12H13ClO2S. The summed E-state index contributed by atoms with van der Waals surface area (Å²) in [7, 11) is 1.61. The van der Waals surface area contributed by atoms with Crippen LogP contribution >= 0.6 is 22.9 Å². The summed E-state index contributed by atoms with van der Waals surface area (Å²) in [6.45, 7) is 4.00. The van der Waals surface area contributed by atoms with Crippen molar-refractivity contribution in [3.8, 4) is 5.75 Å². The number of aldehydes is 1. The predicted octanol–water partition coefficient (Wildman–Crippen LogP) is 4.40. The van der Waals surface area contributed by atoms with Crippen LogP contribution in [-0.2, 0) is 0 Å². The summed E-state index contributed by atoms with van der Waals surface area (Å²) in [4.78, 5) is 11.2. The molecule has 1 aromatic heterocycles. The van der Waals surface area contributed by atoms with Crippen LogP contribution in [-0.4, -0.2) is 13.4 Å². The molecule has 0 amide bonds. The van der Waals surface area contributed by atoms with Gasteiger partial charge in [-0.2, -0.15) is 0 Å². The molecule has 1 heterocycles. The number of hydrogen-bond donors (Lipinski definition) is 0. The molecule has 0 aliphatic carbocycles. The van der Waals surface area contributed by atoms with Gasteiger partial charge < -0.3 is 4.74 Å². The van der Waals surface area contributed by atoms with Crippen molar-refractivity contribution in [2.45, 2.75) is 13.8 Å². The smallest absolute Gasteiger partial charge is 0.161 e. The molecule has 0 bridgehead atoms. The van der Waals surface area contributed by atoms with Crippen LogP contribution in [0.15, 0.2) is 18.2 Å². The van der Waals surface area contributed by atoms with E-state index in [-0.39, 0.29) is 0 Å². The van der Waals surface area contributed by atoms with E-state index in [0.717, 1.165) is 22.1 Å². The van der Waals surface area contributed by atoms with Gasteiger partial charge in [0.25, 0.3) is 0 Å². The van der Waals surface area contributed by atoms with Crippen molar-refractivity contribution in [2.75, 3.05) is 7.11 Å². The summed E-state index contributed by atoms with van der Waals surface area (Å²) < 4.78 is 6.05. The molecule has 0 aliphatic rings. The van der Waals surface area contributed by atoms with Crippen LogP contribution in [0.25, 0.3) is 10.1 Å². The van der Waals surface area contributed by atoms with Crippen molar-refractivity contribution < 1.29 is 9.53 Å². The zero-order valence-corrected chi connectivity index (χ0v) is 11.0. The van der Waals surface area contributed by atoms with Gasteiger partial charge in [0.15, 0.2) is 6.29 Å². The van der Waals surface area contributed by atoms with Gasteiger partial charge in [-0.3, -0.25) is 4.79 Å². The van der Waals surface area contributed by atoms with E-state index in [0.29, 0.717) is 9.90 Å². The third-order valence-corrected chi connectivity index (χ3v) is 3.57. The molecule has 2 nitrogen and oxygen atoms in total. The molecule has 86 valence electrons. The lowest BCUT2D eigenvalue weighted by atomic mass is 10.2. The number of benzene rings is 1. The normalized spacial score (nSPS) is 9.50. The van der Waals surface area contributed by atoms with E-state index in [9.17, 15) is 4.79 Å². The Labute approximate surface area is 104 Å². The van der Waals surface area contributed by atoms with Crippen molar-refractivity contribution in [3.63, 3.8) is 0 Å². The van der Waals surface area contributed by atoms with Crippen molar-refractivity contribution in [1.82, 2.24) is 0 Å². The minimum Gasteiger partial charge on any atom is -0.497 e. The molecule has 0 radical (unpaired) electrons. The Morgan fingerprint density at radius 1 is 1.38 bits per heavy atom. The monoisotopic (exact) mass is 256 g/mol. The Kier molecular flexibility index (Phi) is 4.77. The highest BCUT2D eigenvalue weighted by Crippen LogP contribution is 2.36. The second-order valence-electron chi connectivity index (χ2n) is 2.76. The van der Waals surface area contributed by atoms with E-state index in [2.05, 4.69) is 0 Å². The summed E-state index contributed by atoms with van der Waals surface area (Å²) >= 11 is 7.36. The van der Waals surface area contributed by atoms with Crippen LogP contribution in [0.3, 0.4) is 0 Å². The van der Waals surface area contributed by atoms with Crippen LogP contribution in [0.1, 0.15) is 23.5 Å². The van der Waals surface area contributed by atoms with E-state index in [4.69, 9.17) is 16.3 Å². The second kappa shape index (κ2) is 5.87. The van der Waals surface area contributed by atoms with Crippen molar-refractivity contribution >= 4 is 39.3 Å². The standard InChI is InChI=1S/C10H7ClO2S.C2H6/c1-13-6-2-3-7-8(4-6)14-9(5-12)10(7)11;1-2/h2-5H,1H3;1-2H3. The first kappa shape index (κ1) is 13.0. The van der Waals surface area contributed by atoms with Gasteiger partial charge in [0.1, 0.15) is 5.75 Å². The van der Waals surface area contributed by atoms with Crippen LogP contribution in [0.2, 0.25) is 5.02 Å². The third-order valence-electron chi connectivity index (χ3n) is 1.97. The van der Waals surface area contributed by atoms with Crippen LogP contribution in [0, 0.1) is 0 Å². The average molecular weight is 257 g/mol. The van der Waals surface area contributed by atoms with E-state index < -0.39 is 0 Å². The molecule has 2 aromatic rings. The highest BCUT2D eigenvalue weighted by atomic mass is 35.5. The molecule has 0 aliphatic heterocycles. The molecule has 4 heteroatoms. The van der Waals surface area contributed by atoms with Crippen LogP contribution in [0.5, 0.6) is 5.75 Å². The number of hydrogen-bond acceptors (Lipinski definition) is 3. The Morgan fingerprint density at radius 2 is 2.06 bits per heavy atom. The van der Waals surface area contributed by atoms with Gasteiger partial charge in [-0.1, -0.05) is 25.4 Å². The molecule has 0 atom stereocenters. The van der Waals surface area contributed by atoms with E-state index >= 15 is 0 Å². The zero-order chi connectivity index (χ0) is 12.1. The quantitative estimate of drug-likeness (QED) is 0.745. The Morgan fingerprint density at radius 3 is 2.62 bits per heavy atom. The summed E-state index contributed by atoms with van der Waals surface area (Å²) in [6.07, 6.45) is 0.777. The highest BCUT2D eigenvalue weighted by Gasteiger charge is 2.09. The molecule has 0 saturated heterocycles. The Bertz CT molecular complexity index is 491. The summed E-state index contributed by atoms with van der Waals surface area (Å²) in [5.74, 6) is 0.771. The fraction of sp³-hybridized carbons (Fsp3) is 0.250. The first-order valence-electron chi connectivity index (χ1n) is 4.97. The number of thiophene rings is 1. The summed E-state index contributed by atoms with van der Waals surface area (Å²) in [5.41, 5.74) is 0. The number of carbonyl (C=O) groups is 1. The molecule has 0 fully saturated rings. The van der Waals surface area contributed by atoms with Gasteiger partial charge in [0, 0.05) is 10.1 Å². The van der Waals surface area contributed by atoms with E-state index in [1.165, 1.54) is 11.3 Å². The Hall–Kier alpha value is -1.06. The van der Waals surface area contributed by atoms with Crippen molar-refractivity contribution in [3.05, 3.63) is 28.1 Å². The van der Waals surface area contributed by atoms with Crippen molar-refractivity contribution in [2.24, 2.45) is 0 Å². The second-order valence-corrected chi connectivity index (χ2v) is 4.22. The number of fused-ring (bicyclic) bond motifs is 1. The van der Waals surface area contributed by atoms with Gasteiger partial charge in [-0.05, 0) is 18.2 Å². The maximum atomic E-state index is 10.6. The van der Waals surface area contributed by atoms with E-state index in [1.54, 1.807) is 7.11 Å². The van der Waals surface area contributed by atoms with Gasteiger partial charge >= 0.3 is 0 Å². The molecule has 0 spiro atoms. The molecule has 1 aromatic carbocycles. The minimum atomic E-state index is 0.530. The predicted molar refractivity (Wildman–Crippen MR) is 70.1 cm³/mol. The first-order chi connectivity index (χ1) is 7.76. The zero-order valence-electron chi connectivity index (χ0n) is 9.41. The van der Waals surface area contributed by atoms with Gasteiger partial charge in [0.05, 0.1) is 17.0 Å². The number of carbonyl (C=O) groups excluding carboxylic acids is 1. The van der Waals surface area contributed by atoms with E-state index in [1.807, 2.05) is 32.0 Å².